The quantitative estimate of drug-likeness (QED) is 0.783. The van der Waals surface area contributed by atoms with Gasteiger partial charge >= 0.3 is 0 Å². The van der Waals surface area contributed by atoms with Crippen LogP contribution in [0.4, 0.5) is 0 Å². The van der Waals surface area contributed by atoms with Crippen molar-refractivity contribution >= 4 is 5.91 Å². The number of benzene rings is 1. The van der Waals surface area contributed by atoms with Gasteiger partial charge in [-0.1, -0.05) is 18.2 Å². The van der Waals surface area contributed by atoms with E-state index < -0.39 is 0 Å². The molecule has 0 fully saturated rings. The molecule has 0 aliphatic rings. The van der Waals surface area contributed by atoms with Crippen molar-refractivity contribution in [2.24, 2.45) is 0 Å². The molecule has 0 saturated carbocycles. The van der Waals surface area contributed by atoms with Crippen LogP contribution in [0.2, 0.25) is 0 Å². The lowest BCUT2D eigenvalue weighted by molar-refractivity contribution is 0.0952. The highest BCUT2D eigenvalue weighted by atomic mass is 16.3. The van der Waals surface area contributed by atoms with Crippen LogP contribution in [0.3, 0.4) is 0 Å². The molecule has 0 aliphatic carbocycles. The first-order chi connectivity index (χ1) is 11.6. The number of carbonyl (C=O) groups excluding carboxylic acids is 1. The fourth-order valence-corrected chi connectivity index (χ4v) is 2.75. The minimum absolute atomic E-state index is 0.0858. The molecule has 0 bridgehead atoms. The van der Waals surface area contributed by atoms with Gasteiger partial charge in [0.2, 0.25) is 0 Å². The van der Waals surface area contributed by atoms with Crippen LogP contribution in [-0.4, -0.2) is 22.2 Å². The Kier molecular flexibility index (Phi) is 4.51. The van der Waals surface area contributed by atoms with Gasteiger partial charge in [0.15, 0.2) is 0 Å². The van der Waals surface area contributed by atoms with Crippen molar-refractivity contribution < 1.29 is 9.21 Å². The maximum absolute atomic E-state index is 12.3. The topological polar surface area (TPSA) is 60.1 Å². The summed E-state index contributed by atoms with van der Waals surface area (Å²) < 4.78 is 7.35. The molecule has 124 valence electrons. The van der Waals surface area contributed by atoms with E-state index in [1.54, 1.807) is 0 Å². The lowest BCUT2D eigenvalue weighted by atomic mass is 10.1. The number of hydrogen-bond acceptors (Lipinski definition) is 3. The highest BCUT2D eigenvalue weighted by Gasteiger charge is 2.17. The molecule has 1 N–H and O–H groups in total. The minimum atomic E-state index is -0.0858. The van der Waals surface area contributed by atoms with Gasteiger partial charge in [0, 0.05) is 18.3 Å². The summed E-state index contributed by atoms with van der Waals surface area (Å²) in [6.07, 6.45) is 4.55. The van der Waals surface area contributed by atoms with Crippen LogP contribution in [0, 0.1) is 20.8 Å². The second-order valence-corrected chi connectivity index (χ2v) is 5.85. The van der Waals surface area contributed by atoms with E-state index in [1.807, 2.05) is 68.2 Å². The van der Waals surface area contributed by atoms with Crippen LogP contribution in [0.25, 0.3) is 5.69 Å². The third kappa shape index (κ3) is 3.25. The van der Waals surface area contributed by atoms with Gasteiger partial charge in [-0.15, -0.1) is 0 Å². The minimum Gasteiger partial charge on any atom is -0.466 e. The summed E-state index contributed by atoms with van der Waals surface area (Å²) in [5.41, 5.74) is 3.65. The third-order valence-electron chi connectivity index (χ3n) is 4.14. The molecule has 5 heteroatoms. The zero-order valence-corrected chi connectivity index (χ0v) is 14.2. The monoisotopic (exact) mass is 323 g/mol. The molecule has 5 nitrogen and oxygen atoms in total. The number of amides is 1. The van der Waals surface area contributed by atoms with E-state index in [0.717, 1.165) is 29.0 Å². The van der Waals surface area contributed by atoms with E-state index in [4.69, 9.17) is 4.42 Å². The van der Waals surface area contributed by atoms with E-state index in [9.17, 15) is 4.79 Å². The standard InChI is InChI=1S/C19H21N3O2/c1-13-14(2)24-15(3)18(13)19(23)20-10-9-16-11-21-22(12-16)17-7-5-4-6-8-17/h4-8,11-12H,9-10H2,1-3H3,(H,20,23). The van der Waals surface area contributed by atoms with E-state index in [0.29, 0.717) is 17.9 Å². The Morgan fingerprint density at radius 2 is 1.92 bits per heavy atom. The zero-order valence-electron chi connectivity index (χ0n) is 14.2. The Labute approximate surface area is 141 Å². The zero-order chi connectivity index (χ0) is 17.1. The van der Waals surface area contributed by atoms with Crippen molar-refractivity contribution in [1.82, 2.24) is 15.1 Å². The Balaban J connectivity index is 1.59. The molecule has 0 saturated heterocycles. The maximum atomic E-state index is 12.3. The van der Waals surface area contributed by atoms with Gasteiger partial charge in [0.1, 0.15) is 11.5 Å². The van der Waals surface area contributed by atoms with E-state index in [-0.39, 0.29) is 5.91 Å². The molecular formula is C19H21N3O2. The third-order valence-corrected chi connectivity index (χ3v) is 4.14. The summed E-state index contributed by atoms with van der Waals surface area (Å²) in [4.78, 5) is 12.3. The number of aryl methyl sites for hydroxylation is 2. The normalized spacial score (nSPS) is 10.8. The van der Waals surface area contributed by atoms with Crippen LogP contribution in [0.15, 0.2) is 47.1 Å². The molecule has 2 aromatic heterocycles. The van der Waals surface area contributed by atoms with Crippen molar-refractivity contribution in [2.45, 2.75) is 27.2 Å². The maximum Gasteiger partial charge on any atom is 0.255 e. The average molecular weight is 323 g/mol. The van der Waals surface area contributed by atoms with Crippen molar-refractivity contribution in [1.29, 1.82) is 0 Å². The van der Waals surface area contributed by atoms with E-state index in [1.165, 1.54) is 0 Å². The Hall–Kier alpha value is -2.82. The van der Waals surface area contributed by atoms with Crippen LogP contribution < -0.4 is 5.32 Å². The summed E-state index contributed by atoms with van der Waals surface area (Å²) in [5, 5.41) is 7.32. The van der Waals surface area contributed by atoms with Gasteiger partial charge in [0.25, 0.3) is 5.91 Å². The summed E-state index contributed by atoms with van der Waals surface area (Å²) >= 11 is 0. The fourth-order valence-electron chi connectivity index (χ4n) is 2.75. The molecule has 0 aliphatic heterocycles. The lowest BCUT2D eigenvalue weighted by Crippen LogP contribution is -2.26. The number of rotatable bonds is 5. The van der Waals surface area contributed by atoms with Gasteiger partial charge in [0.05, 0.1) is 17.4 Å². The molecule has 24 heavy (non-hydrogen) atoms. The highest BCUT2D eigenvalue weighted by molar-refractivity contribution is 5.96. The Morgan fingerprint density at radius 1 is 1.17 bits per heavy atom. The van der Waals surface area contributed by atoms with Crippen molar-refractivity contribution in [2.75, 3.05) is 6.54 Å². The number of carbonyl (C=O) groups is 1. The first kappa shape index (κ1) is 16.1. The van der Waals surface area contributed by atoms with Gasteiger partial charge in [-0.25, -0.2) is 4.68 Å². The Bertz CT molecular complexity index is 847. The first-order valence-electron chi connectivity index (χ1n) is 8.00. The lowest BCUT2D eigenvalue weighted by Gasteiger charge is -2.04. The van der Waals surface area contributed by atoms with Crippen LogP contribution in [0.5, 0.6) is 0 Å². The summed E-state index contributed by atoms with van der Waals surface area (Å²) in [6.45, 7) is 6.16. The number of nitrogens with one attached hydrogen (secondary N) is 1. The molecule has 1 aromatic carbocycles. The van der Waals surface area contributed by atoms with E-state index >= 15 is 0 Å². The highest BCUT2D eigenvalue weighted by Crippen LogP contribution is 2.20. The largest absolute Gasteiger partial charge is 0.466 e. The second-order valence-electron chi connectivity index (χ2n) is 5.85. The van der Waals surface area contributed by atoms with Gasteiger partial charge < -0.3 is 9.73 Å². The second kappa shape index (κ2) is 6.74. The van der Waals surface area contributed by atoms with Crippen LogP contribution in [0.1, 0.15) is 33.0 Å². The molecule has 3 rings (SSSR count). The number of furan rings is 1. The van der Waals surface area contributed by atoms with Crippen LogP contribution >= 0.6 is 0 Å². The average Bonchev–Trinajstić information content (AvgIpc) is 3.13. The molecule has 1 amide bonds. The first-order valence-corrected chi connectivity index (χ1v) is 8.00. The van der Waals surface area contributed by atoms with Crippen molar-refractivity contribution in [3.8, 4) is 5.69 Å². The molecule has 0 atom stereocenters. The predicted molar refractivity (Wildman–Crippen MR) is 92.5 cm³/mol. The summed E-state index contributed by atoms with van der Waals surface area (Å²) in [6, 6.07) is 9.95. The molecule has 2 heterocycles. The van der Waals surface area contributed by atoms with Gasteiger partial charge in [-0.2, -0.15) is 5.10 Å². The molecule has 0 spiro atoms. The number of aromatic nitrogens is 2. The SMILES string of the molecule is Cc1oc(C)c(C(=O)NCCc2cnn(-c3ccccc3)c2)c1C. The number of para-hydroxylation sites is 1. The number of hydrogen-bond donors (Lipinski definition) is 1. The predicted octanol–water partition coefficient (Wildman–Crippen LogP) is 3.36. The van der Waals surface area contributed by atoms with Crippen molar-refractivity contribution in [3.05, 3.63) is 70.9 Å². The van der Waals surface area contributed by atoms with Gasteiger partial charge in [-0.05, 0) is 44.9 Å². The molecule has 0 unspecified atom stereocenters. The van der Waals surface area contributed by atoms with E-state index in [2.05, 4.69) is 10.4 Å². The van der Waals surface area contributed by atoms with Crippen molar-refractivity contribution in [3.63, 3.8) is 0 Å². The molecule has 3 aromatic rings. The molecule has 0 radical (unpaired) electrons. The smallest absolute Gasteiger partial charge is 0.255 e. The Morgan fingerprint density at radius 3 is 2.58 bits per heavy atom. The molecular weight excluding hydrogens is 302 g/mol. The van der Waals surface area contributed by atoms with Gasteiger partial charge in [-0.3, -0.25) is 4.79 Å². The fraction of sp³-hybridized carbons (Fsp3) is 0.263. The summed E-state index contributed by atoms with van der Waals surface area (Å²) in [5.74, 6) is 1.37. The van der Waals surface area contributed by atoms with Crippen LogP contribution in [-0.2, 0) is 6.42 Å². The number of nitrogens with zero attached hydrogens (tertiary/aromatic N) is 2. The summed E-state index contributed by atoms with van der Waals surface area (Å²) in [7, 11) is 0.